The zero-order chi connectivity index (χ0) is 12.0. The van der Waals surface area contributed by atoms with Crippen molar-refractivity contribution in [2.24, 2.45) is 5.73 Å². The maximum Gasteiger partial charge on any atom is 0.107 e. The van der Waals surface area contributed by atoms with Gasteiger partial charge in [-0.2, -0.15) is 0 Å². The molecule has 4 N–H and O–H groups in total. The molecule has 0 aliphatic heterocycles. The highest BCUT2D eigenvalue weighted by Gasteiger charge is 2.13. The van der Waals surface area contributed by atoms with Crippen molar-refractivity contribution in [1.82, 2.24) is 5.32 Å². The van der Waals surface area contributed by atoms with Crippen LogP contribution < -0.4 is 11.1 Å². The lowest BCUT2D eigenvalue weighted by atomic mass is 10.2. The van der Waals surface area contributed by atoms with Crippen molar-refractivity contribution in [2.75, 3.05) is 19.7 Å². The van der Waals surface area contributed by atoms with Crippen LogP contribution >= 0.6 is 38.9 Å². The number of aliphatic hydroxyl groups is 1. The Kier molecular flexibility index (Phi) is 6.87. The Bertz CT molecular complexity index is 302. The fourth-order valence-electron chi connectivity index (χ4n) is 1.35. The van der Waals surface area contributed by atoms with Gasteiger partial charge in [0.1, 0.15) is 4.34 Å². The van der Waals surface area contributed by atoms with E-state index in [1.54, 1.807) is 0 Å². The molecule has 0 saturated carbocycles. The summed E-state index contributed by atoms with van der Waals surface area (Å²) in [5, 5.41) is 12.0. The van der Waals surface area contributed by atoms with E-state index < -0.39 is 0 Å². The van der Waals surface area contributed by atoms with Crippen molar-refractivity contribution in [1.29, 1.82) is 0 Å². The third kappa shape index (κ3) is 4.31. The van der Waals surface area contributed by atoms with Gasteiger partial charge in [-0.1, -0.05) is 11.6 Å². The van der Waals surface area contributed by atoms with Crippen molar-refractivity contribution in [3.05, 3.63) is 19.8 Å². The minimum atomic E-state index is 0.146. The summed E-state index contributed by atoms with van der Waals surface area (Å²) >= 11 is 10.9. The summed E-state index contributed by atoms with van der Waals surface area (Å²) in [5.41, 5.74) is 5.72. The van der Waals surface area contributed by atoms with Gasteiger partial charge in [-0.25, -0.2) is 0 Å². The monoisotopic (exact) mass is 326 g/mol. The molecule has 1 aromatic rings. The standard InChI is InChI=1S/C10H16BrClN2OS/c11-7-5-9(16-10(7)12)8(6-13)14-3-1-2-4-15/h5,8,14-15H,1-4,6,13H2. The summed E-state index contributed by atoms with van der Waals surface area (Å²) in [6, 6.07) is 2.15. The third-order valence-electron chi connectivity index (χ3n) is 2.22. The molecule has 0 amide bonds. The van der Waals surface area contributed by atoms with E-state index in [-0.39, 0.29) is 12.6 Å². The van der Waals surface area contributed by atoms with Crippen LogP contribution in [0, 0.1) is 0 Å². The fraction of sp³-hybridized carbons (Fsp3) is 0.600. The number of aliphatic hydroxyl groups excluding tert-OH is 1. The van der Waals surface area contributed by atoms with Crippen LogP contribution in [0.25, 0.3) is 0 Å². The quantitative estimate of drug-likeness (QED) is 0.675. The maximum atomic E-state index is 8.67. The fourth-order valence-corrected chi connectivity index (χ4v) is 3.17. The van der Waals surface area contributed by atoms with Gasteiger partial charge in [0.15, 0.2) is 0 Å². The summed E-state index contributed by atoms with van der Waals surface area (Å²) in [5.74, 6) is 0. The second-order valence-corrected chi connectivity index (χ2v) is 5.98. The van der Waals surface area contributed by atoms with Crippen molar-refractivity contribution < 1.29 is 5.11 Å². The molecule has 92 valence electrons. The molecule has 1 rings (SSSR count). The summed E-state index contributed by atoms with van der Waals surface area (Å²) < 4.78 is 1.68. The van der Waals surface area contributed by atoms with Crippen molar-refractivity contribution in [3.8, 4) is 0 Å². The Morgan fingerprint density at radius 3 is 2.81 bits per heavy atom. The Morgan fingerprint density at radius 2 is 2.31 bits per heavy atom. The lowest BCUT2D eigenvalue weighted by Gasteiger charge is -2.14. The topological polar surface area (TPSA) is 58.3 Å². The average Bonchev–Trinajstić information content (AvgIpc) is 2.59. The van der Waals surface area contributed by atoms with Crippen LogP contribution in [0.5, 0.6) is 0 Å². The number of rotatable bonds is 7. The molecular weight excluding hydrogens is 312 g/mol. The smallest absolute Gasteiger partial charge is 0.107 e. The number of thiophene rings is 1. The predicted molar refractivity (Wildman–Crippen MR) is 73.1 cm³/mol. The summed E-state index contributed by atoms with van der Waals surface area (Å²) in [6.07, 6.45) is 1.77. The van der Waals surface area contributed by atoms with Crippen LogP contribution in [-0.4, -0.2) is 24.8 Å². The van der Waals surface area contributed by atoms with Gasteiger partial charge in [0, 0.05) is 22.5 Å². The van der Waals surface area contributed by atoms with Gasteiger partial charge >= 0.3 is 0 Å². The van der Waals surface area contributed by atoms with Crippen molar-refractivity contribution >= 4 is 38.9 Å². The molecule has 3 nitrogen and oxygen atoms in total. The lowest BCUT2D eigenvalue weighted by Crippen LogP contribution is -2.28. The molecule has 1 heterocycles. The molecule has 0 saturated heterocycles. The lowest BCUT2D eigenvalue weighted by molar-refractivity contribution is 0.282. The van der Waals surface area contributed by atoms with Crippen LogP contribution in [0.2, 0.25) is 4.34 Å². The molecular formula is C10H16BrClN2OS. The van der Waals surface area contributed by atoms with Gasteiger partial charge in [-0.3, -0.25) is 0 Å². The Balaban J connectivity index is 2.47. The van der Waals surface area contributed by atoms with Crippen molar-refractivity contribution in [2.45, 2.75) is 18.9 Å². The largest absolute Gasteiger partial charge is 0.396 e. The molecule has 0 aliphatic carbocycles. The number of nitrogens with two attached hydrogens (primary N) is 1. The van der Waals surface area contributed by atoms with Gasteiger partial charge in [0.25, 0.3) is 0 Å². The van der Waals surface area contributed by atoms with E-state index in [0.29, 0.717) is 6.54 Å². The Labute approximate surface area is 113 Å². The molecule has 1 aromatic heterocycles. The second-order valence-electron chi connectivity index (χ2n) is 3.44. The first-order valence-electron chi connectivity index (χ1n) is 5.18. The Hall–Kier alpha value is 0.350. The average molecular weight is 328 g/mol. The molecule has 0 aromatic carbocycles. The van der Waals surface area contributed by atoms with Gasteiger partial charge in [0.05, 0.1) is 6.04 Å². The molecule has 0 aliphatic rings. The number of nitrogens with one attached hydrogen (secondary N) is 1. The highest BCUT2D eigenvalue weighted by Crippen LogP contribution is 2.34. The van der Waals surface area contributed by atoms with E-state index in [9.17, 15) is 0 Å². The summed E-state index contributed by atoms with van der Waals surface area (Å²) in [6.45, 7) is 1.64. The molecule has 0 radical (unpaired) electrons. The van der Waals surface area contributed by atoms with E-state index in [2.05, 4.69) is 21.2 Å². The number of hydrogen-bond donors (Lipinski definition) is 3. The first kappa shape index (κ1) is 14.4. The number of hydrogen-bond acceptors (Lipinski definition) is 4. The Morgan fingerprint density at radius 1 is 1.56 bits per heavy atom. The first-order chi connectivity index (χ1) is 7.69. The van der Waals surface area contributed by atoms with E-state index in [1.807, 2.05) is 6.07 Å². The van der Waals surface area contributed by atoms with Crippen LogP contribution in [-0.2, 0) is 0 Å². The molecule has 16 heavy (non-hydrogen) atoms. The normalized spacial score (nSPS) is 13.0. The van der Waals surface area contributed by atoms with E-state index >= 15 is 0 Å². The molecule has 6 heteroatoms. The van der Waals surface area contributed by atoms with Crippen LogP contribution in [0.4, 0.5) is 0 Å². The molecule has 0 fully saturated rings. The zero-order valence-electron chi connectivity index (χ0n) is 8.88. The summed E-state index contributed by atoms with van der Waals surface area (Å²) in [4.78, 5) is 1.14. The zero-order valence-corrected chi connectivity index (χ0v) is 12.0. The molecule has 0 spiro atoms. The highest BCUT2D eigenvalue weighted by atomic mass is 79.9. The second kappa shape index (κ2) is 7.63. The van der Waals surface area contributed by atoms with E-state index in [1.165, 1.54) is 11.3 Å². The van der Waals surface area contributed by atoms with Crippen molar-refractivity contribution in [3.63, 3.8) is 0 Å². The van der Waals surface area contributed by atoms with Gasteiger partial charge < -0.3 is 16.2 Å². The molecule has 1 unspecified atom stereocenters. The SMILES string of the molecule is NCC(NCCCCO)c1cc(Br)c(Cl)s1. The van der Waals surface area contributed by atoms with Gasteiger partial charge in [-0.15, -0.1) is 11.3 Å². The third-order valence-corrected chi connectivity index (χ3v) is 4.81. The molecule has 1 atom stereocenters. The van der Waals surface area contributed by atoms with Gasteiger partial charge in [-0.05, 0) is 41.4 Å². The van der Waals surface area contributed by atoms with Crippen LogP contribution in [0.3, 0.4) is 0 Å². The maximum absolute atomic E-state index is 8.67. The number of halogens is 2. The minimum absolute atomic E-state index is 0.146. The van der Waals surface area contributed by atoms with Crippen LogP contribution in [0.15, 0.2) is 10.5 Å². The molecule has 0 bridgehead atoms. The van der Waals surface area contributed by atoms with Gasteiger partial charge in [0.2, 0.25) is 0 Å². The number of unbranched alkanes of at least 4 members (excludes halogenated alkanes) is 1. The highest BCUT2D eigenvalue weighted by molar-refractivity contribution is 9.10. The summed E-state index contributed by atoms with van der Waals surface area (Å²) in [7, 11) is 0. The van der Waals surface area contributed by atoms with E-state index in [4.69, 9.17) is 22.4 Å². The minimum Gasteiger partial charge on any atom is -0.396 e. The van der Waals surface area contributed by atoms with Crippen LogP contribution in [0.1, 0.15) is 23.8 Å². The first-order valence-corrected chi connectivity index (χ1v) is 7.16. The predicted octanol–water partition coefficient (Wildman–Crippen LogP) is 2.53. The van der Waals surface area contributed by atoms with E-state index in [0.717, 1.165) is 33.1 Å².